The number of methoxy groups -OCH3 is 1. The monoisotopic (exact) mass is 573 g/mol. The molecular weight excluding hydrogens is 551 g/mol. The number of ether oxygens (including phenoxy) is 3. The molecule has 204 valence electrons. The Bertz CT molecular complexity index is 1410. The number of carbonyl (C=O) groups is 1. The minimum atomic E-state index is -5.06. The minimum Gasteiger partial charge on any atom is -0.477 e. The molecular formula is C22H22F3N5O6S2. The van der Waals surface area contributed by atoms with Crippen LogP contribution in [0, 0.1) is 0 Å². The first-order valence-corrected chi connectivity index (χ1v) is 13.6. The van der Waals surface area contributed by atoms with Crippen molar-refractivity contribution in [1.82, 2.24) is 15.0 Å². The van der Waals surface area contributed by atoms with E-state index in [-0.39, 0.29) is 33.7 Å². The first kappa shape index (κ1) is 27.5. The van der Waals surface area contributed by atoms with Gasteiger partial charge in [0.2, 0.25) is 15.9 Å². The number of nitrogens with zero attached hydrogens (tertiary/aromatic N) is 3. The van der Waals surface area contributed by atoms with E-state index in [4.69, 9.17) is 9.47 Å². The van der Waals surface area contributed by atoms with Crippen LogP contribution >= 0.6 is 11.3 Å². The number of thiazole rings is 1. The number of hydrogen-bond donors (Lipinski definition) is 2. The van der Waals surface area contributed by atoms with Crippen LogP contribution in [0.2, 0.25) is 0 Å². The fraction of sp³-hybridized carbons (Fsp3) is 0.364. The van der Waals surface area contributed by atoms with Gasteiger partial charge in [0.15, 0.2) is 17.0 Å². The van der Waals surface area contributed by atoms with Crippen molar-refractivity contribution in [2.24, 2.45) is 0 Å². The molecule has 1 saturated carbocycles. The van der Waals surface area contributed by atoms with E-state index in [0.717, 1.165) is 17.4 Å². The molecule has 16 heteroatoms. The van der Waals surface area contributed by atoms with Gasteiger partial charge in [-0.15, -0.1) is 24.5 Å². The number of nitrogens with one attached hydrogen (secondary N) is 2. The van der Waals surface area contributed by atoms with Gasteiger partial charge in [0, 0.05) is 18.1 Å². The number of benzene rings is 1. The largest absolute Gasteiger partial charge is 0.573 e. The zero-order valence-corrected chi connectivity index (χ0v) is 21.6. The molecule has 0 aliphatic heterocycles. The predicted molar refractivity (Wildman–Crippen MR) is 131 cm³/mol. The summed E-state index contributed by atoms with van der Waals surface area (Å²) in [5.74, 6) is -1.36. The van der Waals surface area contributed by atoms with Crippen LogP contribution < -0.4 is 19.5 Å². The molecule has 1 aromatic carbocycles. The first-order valence-electron chi connectivity index (χ1n) is 11.1. The highest BCUT2D eigenvalue weighted by Gasteiger charge is 2.37. The molecule has 0 radical (unpaired) electrons. The molecule has 11 nitrogen and oxygen atoms in total. The molecule has 2 aromatic heterocycles. The van der Waals surface area contributed by atoms with E-state index in [1.165, 1.54) is 37.0 Å². The van der Waals surface area contributed by atoms with Crippen LogP contribution in [0.5, 0.6) is 11.6 Å². The van der Waals surface area contributed by atoms with Gasteiger partial charge in [0.1, 0.15) is 0 Å². The lowest BCUT2D eigenvalue weighted by Crippen LogP contribution is -2.24. The summed E-state index contributed by atoms with van der Waals surface area (Å²) in [4.78, 5) is 25.2. The Kier molecular flexibility index (Phi) is 8.03. The first-order chi connectivity index (χ1) is 18.0. The number of rotatable bonds is 11. The van der Waals surface area contributed by atoms with E-state index in [0.29, 0.717) is 19.4 Å². The number of amides is 1. The maximum absolute atomic E-state index is 13.2. The van der Waals surface area contributed by atoms with Crippen molar-refractivity contribution < 1.29 is 40.6 Å². The van der Waals surface area contributed by atoms with Crippen LogP contribution in [-0.4, -0.2) is 54.6 Å². The summed E-state index contributed by atoms with van der Waals surface area (Å²) in [6.07, 6.45) is -2.59. The highest BCUT2D eigenvalue weighted by atomic mass is 32.2. The lowest BCUT2D eigenvalue weighted by molar-refractivity contribution is -0.274. The van der Waals surface area contributed by atoms with E-state index >= 15 is 0 Å². The van der Waals surface area contributed by atoms with Crippen molar-refractivity contribution in [3.05, 3.63) is 41.7 Å². The van der Waals surface area contributed by atoms with Crippen molar-refractivity contribution in [3.8, 4) is 22.9 Å². The lowest BCUT2D eigenvalue weighted by Gasteiger charge is -2.18. The van der Waals surface area contributed by atoms with Crippen LogP contribution in [0.4, 0.5) is 24.0 Å². The Morgan fingerprint density at radius 2 is 2.00 bits per heavy atom. The summed E-state index contributed by atoms with van der Waals surface area (Å²) >= 11 is 0.946. The number of sulfonamides is 1. The molecule has 1 atom stereocenters. The Balaban J connectivity index is 1.57. The summed E-state index contributed by atoms with van der Waals surface area (Å²) in [6, 6.07) is 3.69. The summed E-state index contributed by atoms with van der Waals surface area (Å²) in [7, 11) is -2.36. The second-order valence-corrected chi connectivity index (χ2v) is 10.8. The van der Waals surface area contributed by atoms with E-state index in [9.17, 15) is 26.4 Å². The zero-order valence-electron chi connectivity index (χ0n) is 20.0. The quantitative estimate of drug-likeness (QED) is 0.346. The number of halogens is 3. The smallest absolute Gasteiger partial charge is 0.477 e. The van der Waals surface area contributed by atoms with Gasteiger partial charge in [0.05, 0.1) is 41.3 Å². The van der Waals surface area contributed by atoms with Crippen molar-refractivity contribution >= 4 is 38.1 Å². The van der Waals surface area contributed by atoms with Crippen molar-refractivity contribution in [3.63, 3.8) is 0 Å². The molecule has 2 heterocycles. The fourth-order valence-corrected chi connectivity index (χ4v) is 5.62. The molecule has 1 unspecified atom stereocenters. The Morgan fingerprint density at radius 1 is 1.24 bits per heavy atom. The topological polar surface area (TPSA) is 142 Å². The third-order valence-corrected chi connectivity index (χ3v) is 7.85. The molecule has 0 bridgehead atoms. The molecule has 4 rings (SSSR count). The predicted octanol–water partition coefficient (Wildman–Crippen LogP) is 4.13. The summed E-state index contributed by atoms with van der Waals surface area (Å²) < 4.78 is 80.8. The van der Waals surface area contributed by atoms with Crippen molar-refractivity contribution in [2.45, 2.75) is 37.5 Å². The number of carbonyl (C=O) groups excluding carboxylic acids is 1. The molecule has 1 aliphatic carbocycles. The molecule has 1 amide bonds. The molecule has 1 aliphatic rings. The fourth-order valence-electron chi connectivity index (χ4n) is 3.30. The van der Waals surface area contributed by atoms with Crippen molar-refractivity contribution in [2.75, 3.05) is 23.8 Å². The zero-order chi connectivity index (χ0) is 27.5. The van der Waals surface area contributed by atoms with Crippen LogP contribution in [0.25, 0.3) is 11.3 Å². The maximum atomic E-state index is 13.2. The molecule has 2 N–H and O–H groups in total. The van der Waals surface area contributed by atoms with Gasteiger partial charge in [-0.2, -0.15) is 0 Å². The van der Waals surface area contributed by atoms with E-state index in [1.807, 2.05) is 0 Å². The standard InChI is InChI=1S/C22H22F3N5O6S2/c1-3-35-18-10-26-9-15(27-18)12-4-7-14(17(8-12)36-22(23,24)25)28-20(31)19(34-2)16-11-37-21(29-16)30-38(32,33)13-5-6-13/h4,7-11,13,19H,3,5-6H2,1-2H3,(H,28,31)(H,29,30). The highest BCUT2D eigenvalue weighted by Crippen LogP contribution is 2.36. The SMILES string of the molecule is CCOc1cncc(-c2ccc(NC(=O)C(OC)c3csc(NS(=O)(=O)C4CC4)n3)c(OC(F)(F)F)c2)n1. The number of hydrogen-bond acceptors (Lipinski definition) is 10. The second-order valence-electron chi connectivity index (χ2n) is 7.96. The van der Waals surface area contributed by atoms with Crippen LogP contribution in [0.15, 0.2) is 36.0 Å². The van der Waals surface area contributed by atoms with E-state index < -0.39 is 39.4 Å². The molecule has 3 aromatic rings. The van der Waals surface area contributed by atoms with Gasteiger partial charge in [-0.25, -0.2) is 18.4 Å². The van der Waals surface area contributed by atoms with E-state index in [1.54, 1.807) is 6.92 Å². The molecule has 1 fully saturated rings. The van der Waals surface area contributed by atoms with Crippen LogP contribution in [-0.2, 0) is 19.6 Å². The Morgan fingerprint density at radius 3 is 2.66 bits per heavy atom. The van der Waals surface area contributed by atoms with Gasteiger partial charge in [-0.1, -0.05) is 6.07 Å². The average Bonchev–Trinajstić information content (AvgIpc) is 3.62. The van der Waals surface area contributed by atoms with Crippen LogP contribution in [0.1, 0.15) is 31.6 Å². The normalized spacial score (nSPS) is 14.6. The Hall–Kier alpha value is -3.50. The maximum Gasteiger partial charge on any atom is 0.573 e. The third kappa shape index (κ3) is 6.87. The van der Waals surface area contributed by atoms with Gasteiger partial charge in [-0.05, 0) is 31.9 Å². The van der Waals surface area contributed by atoms with E-state index in [2.05, 4.69) is 29.7 Å². The summed E-state index contributed by atoms with van der Waals surface area (Å²) in [5.41, 5.74) is 0.226. The van der Waals surface area contributed by atoms with Gasteiger partial charge >= 0.3 is 6.36 Å². The lowest BCUT2D eigenvalue weighted by atomic mass is 10.1. The Labute approximate surface area is 219 Å². The second kappa shape index (κ2) is 11.1. The third-order valence-electron chi connectivity index (χ3n) is 5.12. The van der Waals surface area contributed by atoms with Gasteiger partial charge in [-0.3, -0.25) is 14.5 Å². The van der Waals surface area contributed by atoms with Crippen LogP contribution in [0.3, 0.4) is 0 Å². The molecule has 0 spiro atoms. The minimum absolute atomic E-state index is 0.0441. The van der Waals surface area contributed by atoms with Gasteiger partial charge < -0.3 is 19.5 Å². The van der Waals surface area contributed by atoms with Gasteiger partial charge in [0.25, 0.3) is 5.91 Å². The summed E-state index contributed by atoms with van der Waals surface area (Å²) in [5, 5.41) is 3.34. The average molecular weight is 574 g/mol. The number of aromatic nitrogens is 3. The highest BCUT2D eigenvalue weighted by molar-refractivity contribution is 7.93. The molecule has 38 heavy (non-hydrogen) atoms. The number of alkyl halides is 3. The number of anilines is 2. The van der Waals surface area contributed by atoms with Crippen molar-refractivity contribution in [1.29, 1.82) is 0 Å². The molecule has 0 saturated heterocycles. The summed E-state index contributed by atoms with van der Waals surface area (Å²) in [6.45, 7) is 2.06.